The number of hydrogen-bond donors (Lipinski definition) is 10. The van der Waals surface area contributed by atoms with E-state index in [9.17, 15) is 43.1 Å². The van der Waals surface area contributed by atoms with Crippen molar-refractivity contribution in [1.82, 2.24) is 40.9 Å². The van der Waals surface area contributed by atoms with Crippen LogP contribution < -0.4 is 52.1 Å². The van der Waals surface area contributed by atoms with Crippen molar-refractivity contribution in [1.29, 1.82) is 5.26 Å². The van der Waals surface area contributed by atoms with E-state index >= 15 is 4.79 Å². The van der Waals surface area contributed by atoms with Gasteiger partial charge in [0, 0.05) is 49.8 Å². The van der Waals surface area contributed by atoms with E-state index in [0.717, 1.165) is 10.5 Å². The van der Waals surface area contributed by atoms with Crippen LogP contribution in [0.5, 0.6) is 11.5 Å². The van der Waals surface area contributed by atoms with Crippen LogP contribution in [0.4, 0.5) is 0 Å². The Balaban J connectivity index is 1.65. The number of carbonyl (C=O) groups is 5. The summed E-state index contributed by atoms with van der Waals surface area (Å²) in [5.41, 5.74) is 14.7. The third-order valence-electron chi connectivity index (χ3n) is 12.1. The number of nitrogens with two attached hydrogens (primary N) is 3. The highest BCUT2D eigenvalue weighted by molar-refractivity contribution is 7.87. The number of carbonyl (C=O) groups excluding carboxylic acids is 5. The zero-order valence-corrected chi connectivity index (χ0v) is 43.2. The molecule has 13 N–H and O–H groups in total. The van der Waals surface area contributed by atoms with Crippen molar-refractivity contribution >= 4 is 39.7 Å². The molecule has 398 valence electrons. The van der Waals surface area contributed by atoms with E-state index in [1.54, 1.807) is 32.0 Å². The highest BCUT2D eigenvalue weighted by atomic mass is 32.2. The Morgan fingerprint density at radius 1 is 0.905 bits per heavy atom. The molecule has 2 heterocycles. The van der Waals surface area contributed by atoms with Crippen LogP contribution in [0, 0.1) is 25.2 Å². The zero-order chi connectivity index (χ0) is 54.7. The summed E-state index contributed by atoms with van der Waals surface area (Å²) in [5, 5.41) is 45.8. The van der Waals surface area contributed by atoms with Crippen LogP contribution >= 0.6 is 0 Å². The van der Waals surface area contributed by atoms with Crippen LogP contribution in [0.3, 0.4) is 0 Å². The van der Waals surface area contributed by atoms with Crippen molar-refractivity contribution in [2.75, 3.05) is 46.4 Å². The molecule has 23 nitrogen and oxygen atoms in total. The Morgan fingerprint density at radius 3 is 2.04 bits per heavy atom. The fraction of sp³-hybridized carbons (Fsp3) is 0.440. The van der Waals surface area contributed by atoms with Gasteiger partial charge in [-0.2, -0.15) is 13.7 Å². The number of rotatable bonds is 19. The van der Waals surface area contributed by atoms with E-state index in [4.69, 9.17) is 26.1 Å². The molecule has 1 aliphatic rings. The number of aromatic nitrogens is 2. The SMILES string of the molecule is Cc1nc(-c2ccc(C(C)(C)C)cc2)nc(C)c1C(=O)N[C@@H](CCNS(N)(=O)=O)C(=O)N(C)[C@@H]1C(=O)N[C@@H](C)C(=O)N[C@H](C(=O)NCC#N)Cc2ccc(OC[C@H](O)CN)c(c2)-c2cc1ccc2OC[C@H](O)CN. The van der Waals surface area contributed by atoms with E-state index in [0.29, 0.717) is 17.0 Å². The van der Waals surface area contributed by atoms with Crippen molar-refractivity contribution in [3.05, 3.63) is 94.3 Å². The number of nitrogens with zero attached hydrogens (tertiary/aromatic N) is 4. The number of amides is 5. The van der Waals surface area contributed by atoms with E-state index in [1.807, 2.05) is 30.3 Å². The first kappa shape index (κ1) is 57.8. The Kier molecular flexibility index (Phi) is 19.7. The van der Waals surface area contributed by atoms with Gasteiger partial charge in [-0.15, -0.1) is 0 Å². The number of aliphatic hydroxyl groups excluding tert-OH is 2. The lowest BCUT2D eigenvalue weighted by atomic mass is 9.86. The molecule has 4 aromatic rings. The van der Waals surface area contributed by atoms with Gasteiger partial charge in [-0.05, 0) is 73.6 Å². The minimum atomic E-state index is -4.29. The van der Waals surface area contributed by atoms with Gasteiger partial charge in [0.1, 0.15) is 67.6 Å². The molecule has 0 fully saturated rings. The number of aliphatic hydroxyl groups is 2. The average Bonchev–Trinajstić information content (AvgIpc) is 3.34. The number of benzene rings is 3. The molecule has 0 saturated carbocycles. The molecule has 0 saturated heterocycles. The van der Waals surface area contributed by atoms with Crippen molar-refractivity contribution in [2.24, 2.45) is 16.6 Å². The lowest BCUT2D eigenvalue weighted by Gasteiger charge is -2.33. The number of fused-ring (bicyclic) bond motifs is 5. The summed E-state index contributed by atoms with van der Waals surface area (Å²) in [5.74, 6) is -3.48. The molecule has 0 unspecified atom stereocenters. The maximum atomic E-state index is 15.0. The standard InChI is InChI=1S/C50H66N12O11S/c1-27-42(28(2)58-44(57-27)31-9-12-33(13-10-31)50(4,5)6)47(67)60-38(16-18-56-74(54,70)71)49(69)62(7)43-32-11-15-41(73-26-35(64)24-53)37(22-32)36-20-30(8-14-40(36)72-25-34(63)23-52)21-39(46(66)55-19-17-51)61-45(65)29(3)59-48(43)68/h8-15,20,22,29,34-35,38-39,43,56,63-64H,16,18-19,21,23-26,52-53H2,1-7H3,(H,55,66)(H,59,68)(H,60,67)(H,61,65)(H2,54,70,71)/t29-,34+,35+,38-,39-,43-/m0/s1. The summed E-state index contributed by atoms with van der Waals surface area (Å²) in [7, 11) is -3.02. The second-order valence-corrected chi connectivity index (χ2v) is 20.3. The van der Waals surface area contributed by atoms with Gasteiger partial charge in [0.05, 0.1) is 23.0 Å². The molecular weight excluding hydrogens is 977 g/mol. The number of nitriles is 1. The summed E-state index contributed by atoms with van der Waals surface area (Å²) in [6.07, 6.45) is -2.71. The third kappa shape index (κ3) is 15.2. The maximum Gasteiger partial charge on any atom is 0.274 e. The molecule has 74 heavy (non-hydrogen) atoms. The average molecular weight is 1040 g/mol. The van der Waals surface area contributed by atoms with Crippen molar-refractivity contribution in [3.8, 4) is 40.1 Å². The predicted octanol–water partition coefficient (Wildman–Crippen LogP) is -0.212. The van der Waals surface area contributed by atoms with Crippen LogP contribution in [0.1, 0.15) is 78.6 Å². The first-order valence-corrected chi connectivity index (χ1v) is 25.3. The van der Waals surface area contributed by atoms with E-state index in [2.05, 4.69) is 56.7 Å². The summed E-state index contributed by atoms with van der Waals surface area (Å²) in [4.78, 5) is 81.7. The smallest absolute Gasteiger partial charge is 0.274 e. The van der Waals surface area contributed by atoms with Gasteiger partial charge in [0.2, 0.25) is 23.6 Å². The van der Waals surface area contributed by atoms with Crippen molar-refractivity contribution in [3.63, 3.8) is 0 Å². The second-order valence-electron chi connectivity index (χ2n) is 18.9. The normalized spacial score (nSPS) is 17.3. The molecule has 0 radical (unpaired) electrons. The van der Waals surface area contributed by atoms with Crippen LogP contribution in [0.15, 0.2) is 60.7 Å². The molecule has 3 aromatic carbocycles. The van der Waals surface area contributed by atoms with Gasteiger partial charge in [-0.1, -0.05) is 57.2 Å². The quantitative estimate of drug-likeness (QED) is 0.0543. The zero-order valence-electron chi connectivity index (χ0n) is 42.4. The van der Waals surface area contributed by atoms with Gasteiger partial charge < -0.3 is 57.3 Å². The summed E-state index contributed by atoms with van der Waals surface area (Å²) >= 11 is 0. The number of likely N-dealkylation sites (N-methyl/N-ethyl adjacent to an activating group) is 1. The molecule has 1 aliphatic heterocycles. The number of aryl methyl sites for hydroxylation is 2. The third-order valence-corrected chi connectivity index (χ3v) is 12.7. The number of hydrogen-bond acceptors (Lipinski definition) is 16. The van der Waals surface area contributed by atoms with E-state index < -0.39 is 82.7 Å². The van der Waals surface area contributed by atoms with Gasteiger partial charge >= 0.3 is 0 Å². The van der Waals surface area contributed by atoms with Crippen molar-refractivity contribution in [2.45, 2.75) is 96.2 Å². The molecular formula is C50H66N12O11S. The van der Waals surface area contributed by atoms with Crippen LogP contribution in [0.2, 0.25) is 0 Å². The van der Waals surface area contributed by atoms with E-state index in [-0.39, 0.29) is 96.2 Å². The lowest BCUT2D eigenvalue weighted by molar-refractivity contribution is -0.141. The predicted molar refractivity (Wildman–Crippen MR) is 273 cm³/mol. The highest BCUT2D eigenvalue weighted by Crippen LogP contribution is 2.40. The van der Waals surface area contributed by atoms with Gasteiger partial charge in [-0.3, -0.25) is 24.0 Å². The summed E-state index contributed by atoms with van der Waals surface area (Å²) in [6, 6.07) is 13.0. The molecule has 6 atom stereocenters. The molecule has 24 heteroatoms. The molecule has 4 bridgehead atoms. The first-order valence-electron chi connectivity index (χ1n) is 23.7. The van der Waals surface area contributed by atoms with E-state index in [1.165, 1.54) is 32.2 Å². The van der Waals surface area contributed by atoms with Crippen LogP contribution in [-0.4, -0.2) is 140 Å². The molecule has 0 spiro atoms. The van der Waals surface area contributed by atoms with Gasteiger partial charge in [0.15, 0.2) is 5.82 Å². The van der Waals surface area contributed by atoms with Crippen LogP contribution in [0.25, 0.3) is 22.5 Å². The molecule has 5 amide bonds. The Hall–Kier alpha value is -7.11. The maximum absolute atomic E-state index is 15.0. The van der Waals surface area contributed by atoms with Gasteiger partial charge in [-0.25, -0.2) is 19.8 Å². The van der Waals surface area contributed by atoms with Crippen LogP contribution in [-0.2, 0) is 41.2 Å². The fourth-order valence-electron chi connectivity index (χ4n) is 8.00. The van der Waals surface area contributed by atoms with Crippen molar-refractivity contribution < 1.29 is 52.1 Å². The topological polar surface area (TPSA) is 369 Å². The highest BCUT2D eigenvalue weighted by Gasteiger charge is 2.37. The van der Waals surface area contributed by atoms with Gasteiger partial charge in [0.25, 0.3) is 16.1 Å². The first-order chi connectivity index (χ1) is 34.8. The number of nitrogens with one attached hydrogen (secondary N) is 5. The Bertz CT molecular complexity index is 2830. The largest absolute Gasteiger partial charge is 0.490 e. The second kappa shape index (κ2) is 25.2. The lowest BCUT2D eigenvalue weighted by Crippen LogP contribution is -2.56. The Morgan fingerprint density at radius 2 is 1.49 bits per heavy atom. The Labute approximate surface area is 430 Å². The molecule has 0 aliphatic carbocycles. The fourth-order valence-corrected chi connectivity index (χ4v) is 8.40. The number of ether oxygens (including phenoxy) is 2. The summed E-state index contributed by atoms with van der Waals surface area (Å²) in [6.45, 7) is 9.15. The minimum absolute atomic E-state index is 0.0364. The summed E-state index contributed by atoms with van der Waals surface area (Å²) < 4.78 is 38.4. The minimum Gasteiger partial charge on any atom is -0.490 e. The molecule has 5 rings (SSSR count). The molecule has 1 aromatic heterocycles. The monoisotopic (exact) mass is 1040 g/mol.